The van der Waals surface area contributed by atoms with Crippen molar-refractivity contribution >= 4 is 23.7 Å². The third-order valence-corrected chi connectivity index (χ3v) is 7.09. The summed E-state index contributed by atoms with van der Waals surface area (Å²) in [5.74, 6) is -0.380. The second kappa shape index (κ2) is 13.8. The molecule has 12 nitrogen and oxygen atoms in total. The lowest BCUT2D eigenvalue weighted by atomic mass is 10.0. The van der Waals surface area contributed by atoms with Gasteiger partial charge in [0, 0.05) is 32.1 Å². The molecule has 42 heavy (non-hydrogen) atoms. The molecule has 222 valence electrons. The summed E-state index contributed by atoms with van der Waals surface area (Å²) in [5, 5.41) is 10.6. The predicted molar refractivity (Wildman–Crippen MR) is 153 cm³/mol. The average molecular weight is 576 g/mol. The van der Waals surface area contributed by atoms with Crippen molar-refractivity contribution in [3.05, 3.63) is 77.1 Å². The summed E-state index contributed by atoms with van der Waals surface area (Å²) >= 11 is 0. The van der Waals surface area contributed by atoms with Crippen molar-refractivity contribution in [1.29, 1.82) is 0 Å². The SMILES string of the molecule is COC(=O)c1ccc(C(=O)N2CCCC(=O)N[C@@H](Cc3ccccc3)C(=O)N[C@H](C(C)C)c3nc(C)nn3CC2)nc1. The van der Waals surface area contributed by atoms with Gasteiger partial charge < -0.3 is 20.3 Å². The van der Waals surface area contributed by atoms with Gasteiger partial charge in [-0.2, -0.15) is 5.10 Å². The maximum absolute atomic E-state index is 13.6. The zero-order valence-corrected chi connectivity index (χ0v) is 24.4. The van der Waals surface area contributed by atoms with Crippen LogP contribution in [0.2, 0.25) is 0 Å². The highest BCUT2D eigenvalue weighted by molar-refractivity contribution is 5.94. The first-order chi connectivity index (χ1) is 20.2. The fraction of sp³-hybridized carbons (Fsp3) is 0.433. The number of aromatic nitrogens is 4. The second-order valence-electron chi connectivity index (χ2n) is 10.6. The molecule has 0 saturated heterocycles. The Bertz CT molecular complexity index is 1410. The molecule has 0 aliphatic carbocycles. The first kappa shape index (κ1) is 30.4. The van der Waals surface area contributed by atoms with E-state index < -0.39 is 18.1 Å². The molecule has 2 aromatic heterocycles. The Balaban J connectivity index is 1.63. The Kier molecular flexibility index (Phi) is 10.00. The zero-order chi connectivity index (χ0) is 30.2. The van der Waals surface area contributed by atoms with Crippen LogP contribution in [0.3, 0.4) is 0 Å². The van der Waals surface area contributed by atoms with Crippen molar-refractivity contribution in [2.24, 2.45) is 5.92 Å². The predicted octanol–water partition coefficient (Wildman–Crippen LogP) is 2.25. The van der Waals surface area contributed by atoms with E-state index in [1.54, 1.807) is 16.5 Å². The van der Waals surface area contributed by atoms with Gasteiger partial charge in [0.2, 0.25) is 11.8 Å². The zero-order valence-electron chi connectivity index (χ0n) is 24.4. The van der Waals surface area contributed by atoms with Gasteiger partial charge in [-0.1, -0.05) is 44.2 Å². The molecule has 0 fully saturated rings. The third-order valence-electron chi connectivity index (χ3n) is 7.09. The summed E-state index contributed by atoms with van der Waals surface area (Å²) < 4.78 is 6.44. The molecule has 12 heteroatoms. The first-order valence-electron chi connectivity index (χ1n) is 14.0. The van der Waals surface area contributed by atoms with Crippen molar-refractivity contribution in [3.8, 4) is 0 Å². The van der Waals surface area contributed by atoms with Crippen LogP contribution in [0, 0.1) is 12.8 Å². The number of hydrogen-bond donors (Lipinski definition) is 2. The number of hydrogen-bond acceptors (Lipinski definition) is 8. The van der Waals surface area contributed by atoms with Crippen LogP contribution in [0.25, 0.3) is 0 Å². The van der Waals surface area contributed by atoms with Crippen LogP contribution in [0.4, 0.5) is 0 Å². The number of esters is 1. The van der Waals surface area contributed by atoms with Crippen LogP contribution < -0.4 is 10.6 Å². The van der Waals surface area contributed by atoms with Gasteiger partial charge in [0.1, 0.15) is 23.4 Å². The van der Waals surface area contributed by atoms with Gasteiger partial charge in [0.25, 0.3) is 5.91 Å². The number of carbonyl (C=O) groups is 4. The van der Waals surface area contributed by atoms with Gasteiger partial charge in [-0.15, -0.1) is 0 Å². The molecule has 2 N–H and O–H groups in total. The van der Waals surface area contributed by atoms with Gasteiger partial charge in [-0.3, -0.25) is 19.4 Å². The molecule has 1 aliphatic heterocycles. The largest absolute Gasteiger partial charge is 0.465 e. The van der Waals surface area contributed by atoms with Gasteiger partial charge in [-0.05, 0) is 37.0 Å². The number of aryl methyl sites for hydroxylation is 1. The molecule has 0 radical (unpaired) electrons. The maximum Gasteiger partial charge on any atom is 0.339 e. The molecule has 4 rings (SSSR count). The number of amides is 3. The van der Waals surface area contributed by atoms with Crippen LogP contribution in [0.15, 0.2) is 48.7 Å². The molecular weight excluding hydrogens is 538 g/mol. The number of methoxy groups -OCH3 is 1. The highest BCUT2D eigenvalue weighted by atomic mass is 16.5. The highest BCUT2D eigenvalue weighted by Crippen LogP contribution is 2.21. The normalized spacial score (nSPS) is 18.5. The van der Waals surface area contributed by atoms with Crippen molar-refractivity contribution in [3.63, 3.8) is 0 Å². The molecule has 1 aromatic carbocycles. The van der Waals surface area contributed by atoms with Crippen molar-refractivity contribution in [1.82, 2.24) is 35.3 Å². The smallest absolute Gasteiger partial charge is 0.339 e. The number of nitrogens with one attached hydrogen (secondary N) is 2. The van der Waals surface area contributed by atoms with E-state index in [0.717, 1.165) is 5.56 Å². The first-order valence-corrected chi connectivity index (χ1v) is 14.0. The van der Waals surface area contributed by atoms with E-state index >= 15 is 0 Å². The number of benzene rings is 1. The molecule has 0 unspecified atom stereocenters. The number of ether oxygens (including phenoxy) is 1. The third kappa shape index (κ3) is 7.56. The molecule has 0 bridgehead atoms. The summed E-state index contributed by atoms with van der Waals surface area (Å²) in [5.41, 5.74) is 1.32. The van der Waals surface area contributed by atoms with Crippen LogP contribution in [0.5, 0.6) is 0 Å². The topological polar surface area (TPSA) is 148 Å². The molecular formula is C30H37N7O5. The standard InChI is InChI=1S/C30H37N7O5/c1-19(2)26-27-32-20(3)35-37(27)16-15-36(29(40)23-13-12-22(18-31-23)30(41)42-4)14-8-11-25(38)33-24(28(39)34-26)17-21-9-6-5-7-10-21/h5-7,9-10,12-13,18-19,24,26H,8,11,14-17H2,1-4H3,(H,33,38)(H,34,39)/t24-,26+/m0/s1. The maximum atomic E-state index is 13.6. The van der Waals surface area contributed by atoms with Crippen LogP contribution in [-0.4, -0.2) is 74.6 Å². The molecule has 3 aromatic rings. The van der Waals surface area contributed by atoms with E-state index in [0.29, 0.717) is 31.0 Å². The summed E-state index contributed by atoms with van der Waals surface area (Å²) in [6.45, 7) is 6.60. The van der Waals surface area contributed by atoms with E-state index in [9.17, 15) is 19.2 Å². The van der Waals surface area contributed by atoms with Gasteiger partial charge in [0.05, 0.1) is 25.3 Å². The molecule has 0 saturated carbocycles. The highest BCUT2D eigenvalue weighted by Gasteiger charge is 2.30. The van der Waals surface area contributed by atoms with Gasteiger partial charge >= 0.3 is 5.97 Å². The van der Waals surface area contributed by atoms with Crippen molar-refractivity contribution in [2.75, 3.05) is 20.2 Å². The Hall–Kier alpha value is -4.61. The Labute approximate surface area is 244 Å². The van der Waals surface area contributed by atoms with E-state index in [4.69, 9.17) is 4.74 Å². The molecule has 3 amide bonds. The van der Waals surface area contributed by atoms with E-state index in [1.165, 1.54) is 25.4 Å². The average Bonchev–Trinajstić information content (AvgIpc) is 3.36. The Morgan fingerprint density at radius 1 is 1.05 bits per heavy atom. The molecule has 1 aliphatic rings. The Morgan fingerprint density at radius 2 is 1.81 bits per heavy atom. The van der Waals surface area contributed by atoms with Crippen LogP contribution >= 0.6 is 0 Å². The summed E-state index contributed by atoms with van der Waals surface area (Å²) in [6, 6.07) is 11.2. The number of rotatable bonds is 5. The quantitative estimate of drug-likeness (QED) is 0.440. The summed E-state index contributed by atoms with van der Waals surface area (Å²) in [4.78, 5) is 62.3. The summed E-state index contributed by atoms with van der Waals surface area (Å²) in [6.07, 6.45) is 2.12. The van der Waals surface area contributed by atoms with E-state index in [-0.39, 0.29) is 54.4 Å². The van der Waals surface area contributed by atoms with Crippen molar-refractivity contribution in [2.45, 2.75) is 58.7 Å². The number of carbonyl (C=O) groups excluding carboxylic acids is 4. The van der Waals surface area contributed by atoms with Crippen LogP contribution in [-0.2, 0) is 27.3 Å². The fourth-order valence-electron chi connectivity index (χ4n) is 4.86. The van der Waals surface area contributed by atoms with Gasteiger partial charge in [0.15, 0.2) is 0 Å². The molecule has 2 atom stereocenters. The van der Waals surface area contributed by atoms with Crippen molar-refractivity contribution < 1.29 is 23.9 Å². The molecule has 3 heterocycles. The number of nitrogens with zero attached hydrogens (tertiary/aromatic N) is 5. The lowest BCUT2D eigenvalue weighted by Crippen LogP contribution is -2.50. The van der Waals surface area contributed by atoms with Gasteiger partial charge in [-0.25, -0.2) is 14.5 Å². The fourth-order valence-corrected chi connectivity index (χ4v) is 4.86. The minimum Gasteiger partial charge on any atom is -0.465 e. The Morgan fingerprint density at radius 3 is 2.48 bits per heavy atom. The minimum absolute atomic E-state index is 0.0347. The second-order valence-corrected chi connectivity index (χ2v) is 10.6. The van der Waals surface area contributed by atoms with E-state index in [2.05, 4.69) is 25.7 Å². The molecule has 0 spiro atoms. The number of fused-ring (bicyclic) bond motifs is 1. The van der Waals surface area contributed by atoms with Crippen LogP contribution in [0.1, 0.15) is 70.8 Å². The lowest BCUT2D eigenvalue weighted by molar-refractivity contribution is -0.129. The minimum atomic E-state index is -0.795. The lowest BCUT2D eigenvalue weighted by Gasteiger charge is -2.28. The van der Waals surface area contributed by atoms with E-state index in [1.807, 2.05) is 44.2 Å². The monoisotopic (exact) mass is 575 g/mol. The summed E-state index contributed by atoms with van der Waals surface area (Å²) in [7, 11) is 1.28. The number of pyridine rings is 1.